The van der Waals surface area contributed by atoms with E-state index >= 15 is 0 Å². The fourth-order valence-corrected chi connectivity index (χ4v) is 1.47. The zero-order chi connectivity index (χ0) is 11.3. The molecule has 0 aliphatic rings. The van der Waals surface area contributed by atoms with Crippen LogP contribution in [-0.4, -0.2) is 31.5 Å². The highest BCUT2D eigenvalue weighted by atomic mass is 35.5. The maximum atomic E-state index is 9.07. The van der Waals surface area contributed by atoms with E-state index in [0.717, 1.165) is 0 Å². The maximum absolute atomic E-state index is 9.07. The van der Waals surface area contributed by atoms with Gasteiger partial charge in [0.25, 0.3) is 0 Å². The molecule has 1 rings (SSSR count). The van der Waals surface area contributed by atoms with Crippen molar-refractivity contribution in [1.82, 2.24) is 0 Å². The third-order valence-corrected chi connectivity index (χ3v) is 2.30. The summed E-state index contributed by atoms with van der Waals surface area (Å²) in [5, 5.41) is 12.6. The molecule has 0 fully saturated rings. The van der Waals surface area contributed by atoms with E-state index in [0.29, 0.717) is 23.0 Å². The topological polar surface area (TPSA) is 67.5 Å². The van der Waals surface area contributed by atoms with Crippen LogP contribution < -0.4 is 11.1 Å². The first-order chi connectivity index (χ1) is 7.19. The molecule has 0 saturated carbocycles. The van der Waals surface area contributed by atoms with Gasteiger partial charge in [-0.3, -0.25) is 0 Å². The molecule has 0 heterocycles. The van der Waals surface area contributed by atoms with Crippen LogP contribution in [0.2, 0.25) is 5.02 Å². The molecule has 4 nitrogen and oxygen atoms in total. The second-order valence-electron chi connectivity index (χ2n) is 3.18. The second kappa shape index (κ2) is 5.80. The van der Waals surface area contributed by atoms with Crippen LogP contribution in [0.5, 0.6) is 0 Å². The van der Waals surface area contributed by atoms with Gasteiger partial charge >= 0.3 is 0 Å². The van der Waals surface area contributed by atoms with Crippen molar-refractivity contribution in [2.75, 3.05) is 31.4 Å². The van der Waals surface area contributed by atoms with Gasteiger partial charge < -0.3 is 20.9 Å². The van der Waals surface area contributed by atoms with Crippen LogP contribution >= 0.6 is 11.6 Å². The number of nitrogen functional groups attached to an aromatic ring is 1. The summed E-state index contributed by atoms with van der Waals surface area (Å²) in [6, 6.07) is 5.04. The van der Waals surface area contributed by atoms with Crippen molar-refractivity contribution in [1.29, 1.82) is 0 Å². The molecule has 1 atom stereocenters. The van der Waals surface area contributed by atoms with Crippen LogP contribution in [-0.2, 0) is 4.74 Å². The minimum absolute atomic E-state index is 0.0432. The normalized spacial score (nSPS) is 12.5. The van der Waals surface area contributed by atoms with Gasteiger partial charge in [-0.1, -0.05) is 17.7 Å². The monoisotopic (exact) mass is 230 g/mol. The molecule has 0 radical (unpaired) electrons. The Labute approximate surface area is 94.0 Å². The summed E-state index contributed by atoms with van der Waals surface area (Å²) in [6.45, 7) is 0.347. The Morgan fingerprint density at radius 1 is 1.60 bits per heavy atom. The average Bonchev–Trinajstić information content (AvgIpc) is 2.22. The molecule has 1 unspecified atom stereocenters. The minimum Gasteiger partial charge on any atom is -0.397 e. The van der Waals surface area contributed by atoms with E-state index in [1.165, 1.54) is 0 Å². The fraction of sp³-hybridized carbons (Fsp3) is 0.400. The summed E-state index contributed by atoms with van der Waals surface area (Å²) in [4.78, 5) is 0. The van der Waals surface area contributed by atoms with E-state index < -0.39 is 0 Å². The van der Waals surface area contributed by atoms with Crippen molar-refractivity contribution in [3.63, 3.8) is 0 Å². The molecule has 84 valence electrons. The van der Waals surface area contributed by atoms with Gasteiger partial charge in [-0.15, -0.1) is 0 Å². The number of benzene rings is 1. The molecule has 15 heavy (non-hydrogen) atoms. The zero-order valence-electron chi connectivity index (χ0n) is 8.53. The smallest absolute Gasteiger partial charge is 0.0766 e. The highest BCUT2D eigenvalue weighted by Gasteiger charge is 2.10. The van der Waals surface area contributed by atoms with Crippen LogP contribution in [0.25, 0.3) is 0 Å². The molecular formula is C10H15ClN2O2. The Kier molecular flexibility index (Phi) is 4.68. The number of nitrogens with two attached hydrogens (primary N) is 1. The molecule has 0 spiro atoms. The SMILES string of the molecule is COCC(CO)Nc1c(N)cccc1Cl. The van der Waals surface area contributed by atoms with Gasteiger partial charge in [0.05, 0.1) is 35.7 Å². The van der Waals surface area contributed by atoms with E-state index in [-0.39, 0.29) is 12.6 Å². The predicted octanol–water partition coefficient (Wildman–Crippen LogP) is 1.34. The number of nitrogens with one attached hydrogen (secondary N) is 1. The Morgan fingerprint density at radius 3 is 2.87 bits per heavy atom. The summed E-state index contributed by atoms with van der Waals surface area (Å²) in [5.74, 6) is 0. The molecule has 0 saturated heterocycles. The Morgan fingerprint density at radius 2 is 2.33 bits per heavy atom. The standard InChI is InChI=1S/C10H15ClN2O2/c1-15-6-7(5-14)13-10-8(11)3-2-4-9(10)12/h2-4,7,13-14H,5-6,12H2,1H3. The highest BCUT2D eigenvalue weighted by molar-refractivity contribution is 6.33. The highest BCUT2D eigenvalue weighted by Crippen LogP contribution is 2.28. The zero-order valence-corrected chi connectivity index (χ0v) is 9.29. The number of aliphatic hydroxyl groups excluding tert-OH is 1. The lowest BCUT2D eigenvalue weighted by atomic mass is 10.2. The Balaban J connectivity index is 2.78. The lowest BCUT2D eigenvalue weighted by Crippen LogP contribution is -2.29. The quantitative estimate of drug-likeness (QED) is 0.668. The predicted molar refractivity (Wildman–Crippen MR) is 62.2 cm³/mol. The number of hydrogen-bond acceptors (Lipinski definition) is 4. The summed E-state index contributed by atoms with van der Waals surface area (Å²) in [5.41, 5.74) is 6.94. The van der Waals surface area contributed by atoms with Gasteiger partial charge in [0.1, 0.15) is 0 Å². The van der Waals surface area contributed by atoms with Gasteiger partial charge in [-0.25, -0.2) is 0 Å². The Hall–Kier alpha value is -0.970. The number of anilines is 2. The van der Waals surface area contributed by atoms with Crippen LogP contribution in [0.15, 0.2) is 18.2 Å². The van der Waals surface area contributed by atoms with Crippen molar-refractivity contribution < 1.29 is 9.84 Å². The van der Waals surface area contributed by atoms with Gasteiger partial charge in [0.2, 0.25) is 0 Å². The number of halogens is 1. The molecule has 0 aliphatic carbocycles. The number of aliphatic hydroxyl groups is 1. The van der Waals surface area contributed by atoms with Crippen LogP contribution in [0, 0.1) is 0 Å². The number of ether oxygens (including phenoxy) is 1. The van der Waals surface area contributed by atoms with E-state index in [1.807, 2.05) is 0 Å². The summed E-state index contributed by atoms with van der Waals surface area (Å²) in [6.07, 6.45) is 0. The average molecular weight is 231 g/mol. The van der Waals surface area contributed by atoms with E-state index in [1.54, 1.807) is 25.3 Å². The maximum Gasteiger partial charge on any atom is 0.0766 e. The first kappa shape index (κ1) is 12.1. The second-order valence-corrected chi connectivity index (χ2v) is 3.59. The molecule has 4 N–H and O–H groups in total. The molecule has 1 aromatic rings. The van der Waals surface area contributed by atoms with Crippen molar-refractivity contribution in [2.24, 2.45) is 0 Å². The molecule has 1 aromatic carbocycles. The third-order valence-electron chi connectivity index (χ3n) is 1.98. The van der Waals surface area contributed by atoms with E-state index in [4.69, 9.17) is 27.2 Å². The third kappa shape index (κ3) is 3.27. The van der Waals surface area contributed by atoms with Crippen molar-refractivity contribution in [3.05, 3.63) is 23.2 Å². The first-order valence-corrected chi connectivity index (χ1v) is 4.97. The molecule has 0 amide bonds. The number of para-hydroxylation sites is 1. The molecule has 0 aliphatic heterocycles. The minimum atomic E-state index is -0.211. The number of hydrogen-bond donors (Lipinski definition) is 3. The molecule has 0 bridgehead atoms. The van der Waals surface area contributed by atoms with Crippen molar-refractivity contribution in [3.8, 4) is 0 Å². The lowest BCUT2D eigenvalue weighted by molar-refractivity contribution is 0.153. The molecule has 0 aromatic heterocycles. The largest absolute Gasteiger partial charge is 0.397 e. The van der Waals surface area contributed by atoms with Crippen LogP contribution in [0.4, 0.5) is 11.4 Å². The van der Waals surface area contributed by atoms with E-state index in [9.17, 15) is 0 Å². The number of rotatable bonds is 5. The first-order valence-electron chi connectivity index (χ1n) is 4.59. The van der Waals surface area contributed by atoms with Gasteiger partial charge in [0, 0.05) is 7.11 Å². The lowest BCUT2D eigenvalue weighted by Gasteiger charge is -2.18. The summed E-state index contributed by atoms with van der Waals surface area (Å²) >= 11 is 5.97. The fourth-order valence-electron chi connectivity index (χ4n) is 1.24. The number of methoxy groups -OCH3 is 1. The van der Waals surface area contributed by atoms with Crippen molar-refractivity contribution in [2.45, 2.75) is 6.04 Å². The van der Waals surface area contributed by atoms with Crippen LogP contribution in [0.1, 0.15) is 0 Å². The molecular weight excluding hydrogens is 216 g/mol. The molecule has 5 heteroatoms. The van der Waals surface area contributed by atoms with Crippen LogP contribution in [0.3, 0.4) is 0 Å². The van der Waals surface area contributed by atoms with Gasteiger partial charge in [-0.05, 0) is 12.1 Å². The van der Waals surface area contributed by atoms with Crippen molar-refractivity contribution >= 4 is 23.0 Å². The van der Waals surface area contributed by atoms with Gasteiger partial charge in [-0.2, -0.15) is 0 Å². The Bertz CT molecular complexity index is 300. The summed E-state index contributed by atoms with van der Waals surface area (Å²) < 4.78 is 4.94. The van der Waals surface area contributed by atoms with E-state index in [2.05, 4.69) is 5.32 Å². The summed E-state index contributed by atoms with van der Waals surface area (Å²) in [7, 11) is 1.57. The van der Waals surface area contributed by atoms with Gasteiger partial charge in [0.15, 0.2) is 0 Å².